The van der Waals surface area contributed by atoms with Gasteiger partial charge in [-0.3, -0.25) is 14.9 Å². The molecule has 1 fully saturated rings. The fourth-order valence-electron chi connectivity index (χ4n) is 2.39. The van der Waals surface area contributed by atoms with E-state index in [9.17, 15) is 9.18 Å². The van der Waals surface area contributed by atoms with E-state index in [4.69, 9.17) is 0 Å². The number of halogens is 1. The van der Waals surface area contributed by atoms with Crippen LogP contribution in [0.4, 0.5) is 4.39 Å². The average molecular weight is 270 g/mol. The van der Waals surface area contributed by atoms with E-state index in [0.717, 1.165) is 24.6 Å². The van der Waals surface area contributed by atoms with Gasteiger partial charge in [-0.2, -0.15) is 0 Å². The molecule has 0 aliphatic heterocycles. The van der Waals surface area contributed by atoms with Gasteiger partial charge in [-0.25, -0.2) is 13.9 Å². The molecule has 3 aromatic heterocycles. The van der Waals surface area contributed by atoms with Gasteiger partial charge in [0.1, 0.15) is 5.82 Å². The van der Waals surface area contributed by atoms with Crippen LogP contribution in [0.15, 0.2) is 35.5 Å². The van der Waals surface area contributed by atoms with Gasteiger partial charge in [0.05, 0.1) is 11.9 Å². The third kappa shape index (κ3) is 1.72. The first kappa shape index (κ1) is 11.3. The predicted molar refractivity (Wildman–Crippen MR) is 71.0 cm³/mol. The number of aromatic nitrogens is 4. The Morgan fingerprint density at radius 1 is 1.30 bits per heavy atom. The summed E-state index contributed by atoms with van der Waals surface area (Å²) in [6, 6.07) is 2.71. The summed E-state index contributed by atoms with van der Waals surface area (Å²) in [5.41, 5.74) is 2.42. The van der Waals surface area contributed by atoms with E-state index < -0.39 is 5.82 Å². The molecule has 0 spiro atoms. The van der Waals surface area contributed by atoms with Crippen LogP contribution in [0.1, 0.15) is 24.3 Å². The monoisotopic (exact) mass is 270 g/mol. The minimum atomic E-state index is -0.444. The van der Waals surface area contributed by atoms with Gasteiger partial charge in [0.15, 0.2) is 5.65 Å². The van der Waals surface area contributed by atoms with Gasteiger partial charge in [-0.1, -0.05) is 0 Å². The Labute approximate surface area is 113 Å². The second kappa shape index (κ2) is 4.00. The smallest absolute Gasteiger partial charge is 0.273 e. The van der Waals surface area contributed by atoms with Crippen molar-refractivity contribution >= 4 is 5.65 Å². The SMILES string of the molecule is O=c1cc(-c2cncc(F)c2)nc2c(C3CC3)c[nH]n12. The third-order valence-corrected chi connectivity index (χ3v) is 3.54. The summed E-state index contributed by atoms with van der Waals surface area (Å²) in [7, 11) is 0. The largest absolute Gasteiger partial charge is 0.297 e. The van der Waals surface area contributed by atoms with Crippen LogP contribution in [0.5, 0.6) is 0 Å². The van der Waals surface area contributed by atoms with Crippen LogP contribution in [-0.4, -0.2) is 19.6 Å². The molecule has 0 unspecified atom stereocenters. The molecule has 0 aromatic carbocycles. The molecular formula is C14H11FN4O. The van der Waals surface area contributed by atoms with E-state index in [2.05, 4.69) is 15.1 Å². The Morgan fingerprint density at radius 3 is 2.90 bits per heavy atom. The van der Waals surface area contributed by atoms with Crippen molar-refractivity contribution in [3.8, 4) is 11.3 Å². The first-order chi connectivity index (χ1) is 9.72. The molecular weight excluding hydrogens is 259 g/mol. The molecule has 3 aromatic rings. The Kier molecular flexibility index (Phi) is 2.26. The molecule has 1 N–H and O–H groups in total. The number of hydrogen-bond donors (Lipinski definition) is 1. The van der Waals surface area contributed by atoms with E-state index in [1.54, 1.807) is 0 Å². The Balaban J connectivity index is 1.96. The summed E-state index contributed by atoms with van der Waals surface area (Å²) < 4.78 is 14.7. The first-order valence-corrected chi connectivity index (χ1v) is 6.44. The quantitative estimate of drug-likeness (QED) is 0.775. The number of nitrogens with one attached hydrogen (secondary N) is 1. The Hall–Kier alpha value is -2.50. The van der Waals surface area contributed by atoms with Crippen molar-refractivity contribution < 1.29 is 4.39 Å². The lowest BCUT2D eigenvalue weighted by atomic mass is 10.2. The number of pyridine rings is 1. The molecule has 1 aliphatic carbocycles. The van der Waals surface area contributed by atoms with Crippen LogP contribution in [0, 0.1) is 5.82 Å². The summed E-state index contributed by atoms with van der Waals surface area (Å²) in [5.74, 6) is 0.0324. The zero-order chi connectivity index (χ0) is 13.7. The second-order valence-electron chi connectivity index (χ2n) is 5.03. The van der Waals surface area contributed by atoms with Crippen molar-refractivity contribution in [2.45, 2.75) is 18.8 Å². The van der Waals surface area contributed by atoms with Crippen LogP contribution in [0.2, 0.25) is 0 Å². The normalized spacial score (nSPS) is 14.8. The highest BCUT2D eigenvalue weighted by Crippen LogP contribution is 2.41. The molecule has 100 valence electrons. The fourth-order valence-corrected chi connectivity index (χ4v) is 2.39. The minimum Gasteiger partial charge on any atom is -0.297 e. The molecule has 1 saturated carbocycles. The third-order valence-electron chi connectivity index (χ3n) is 3.54. The van der Waals surface area contributed by atoms with E-state index in [1.807, 2.05) is 6.20 Å². The predicted octanol–water partition coefficient (Wildman–Crippen LogP) is 2.10. The highest BCUT2D eigenvalue weighted by molar-refractivity contribution is 5.62. The van der Waals surface area contributed by atoms with Crippen LogP contribution in [0.3, 0.4) is 0 Å². The lowest BCUT2D eigenvalue weighted by Gasteiger charge is -2.02. The Bertz CT molecular complexity index is 863. The maximum absolute atomic E-state index is 13.2. The van der Waals surface area contributed by atoms with Gasteiger partial charge in [0.2, 0.25) is 0 Å². The molecule has 20 heavy (non-hydrogen) atoms. The molecule has 0 atom stereocenters. The van der Waals surface area contributed by atoms with Gasteiger partial charge in [-0.05, 0) is 24.8 Å². The number of aromatic amines is 1. The van der Waals surface area contributed by atoms with Crippen molar-refractivity contribution in [3.63, 3.8) is 0 Å². The lowest BCUT2D eigenvalue weighted by Crippen LogP contribution is -2.14. The van der Waals surface area contributed by atoms with E-state index in [0.29, 0.717) is 22.8 Å². The second-order valence-corrected chi connectivity index (χ2v) is 5.03. The van der Waals surface area contributed by atoms with Crippen LogP contribution < -0.4 is 5.56 Å². The van der Waals surface area contributed by atoms with Crippen LogP contribution in [-0.2, 0) is 0 Å². The van der Waals surface area contributed by atoms with Crippen molar-refractivity contribution in [1.29, 1.82) is 0 Å². The van der Waals surface area contributed by atoms with Gasteiger partial charge >= 0.3 is 0 Å². The number of fused-ring (bicyclic) bond motifs is 1. The van der Waals surface area contributed by atoms with Gasteiger partial charge in [-0.15, -0.1) is 0 Å². The summed E-state index contributed by atoms with van der Waals surface area (Å²) in [5, 5.41) is 2.92. The van der Waals surface area contributed by atoms with Crippen molar-refractivity contribution in [2.24, 2.45) is 0 Å². The van der Waals surface area contributed by atoms with E-state index in [1.165, 1.54) is 22.8 Å². The van der Waals surface area contributed by atoms with Gasteiger partial charge in [0.25, 0.3) is 5.56 Å². The lowest BCUT2D eigenvalue weighted by molar-refractivity contribution is 0.622. The standard InChI is InChI=1S/C14H11FN4O/c15-10-3-9(5-16-6-10)12-4-13(20)19-14(18-12)11(7-17-19)8-1-2-8/h3-8,17H,1-2H2. The molecule has 0 radical (unpaired) electrons. The maximum atomic E-state index is 13.2. The van der Waals surface area contributed by atoms with E-state index in [-0.39, 0.29) is 5.56 Å². The molecule has 4 rings (SSSR count). The van der Waals surface area contributed by atoms with Crippen molar-refractivity contribution in [2.75, 3.05) is 0 Å². The van der Waals surface area contributed by atoms with Crippen LogP contribution >= 0.6 is 0 Å². The first-order valence-electron chi connectivity index (χ1n) is 6.44. The van der Waals surface area contributed by atoms with E-state index >= 15 is 0 Å². The Morgan fingerprint density at radius 2 is 2.15 bits per heavy atom. The summed E-state index contributed by atoms with van der Waals surface area (Å²) in [4.78, 5) is 20.4. The van der Waals surface area contributed by atoms with Crippen LogP contribution in [0.25, 0.3) is 16.9 Å². The van der Waals surface area contributed by atoms with Gasteiger partial charge < -0.3 is 0 Å². The molecule has 6 heteroatoms. The zero-order valence-corrected chi connectivity index (χ0v) is 10.5. The molecule has 0 amide bonds. The highest BCUT2D eigenvalue weighted by atomic mass is 19.1. The minimum absolute atomic E-state index is 0.207. The molecule has 0 bridgehead atoms. The molecule has 1 aliphatic rings. The molecule has 3 heterocycles. The summed E-state index contributed by atoms with van der Waals surface area (Å²) >= 11 is 0. The summed E-state index contributed by atoms with van der Waals surface area (Å²) in [6.45, 7) is 0. The number of nitrogens with zero attached hydrogens (tertiary/aromatic N) is 3. The van der Waals surface area contributed by atoms with Gasteiger partial charge in [0, 0.05) is 29.6 Å². The van der Waals surface area contributed by atoms with Crippen molar-refractivity contribution in [3.05, 3.63) is 52.5 Å². The molecule has 5 nitrogen and oxygen atoms in total. The fraction of sp³-hybridized carbons (Fsp3) is 0.214. The highest BCUT2D eigenvalue weighted by Gasteiger charge is 2.27. The molecule has 0 saturated heterocycles. The average Bonchev–Trinajstić information content (AvgIpc) is 3.18. The zero-order valence-electron chi connectivity index (χ0n) is 10.5. The maximum Gasteiger partial charge on any atom is 0.273 e. The number of hydrogen-bond acceptors (Lipinski definition) is 3. The topological polar surface area (TPSA) is 63.0 Å². The summed E-state index contributed by atoms with van der Waals surface area (Å²) in [6.07, 6.45) is 6.70. The number of rotatable bonds is 2. The number of H-pyrrole nitrogens is 1. The van der Waals surface area contributed by atoms with Crippen molar-refractivity contribution in [1.82, 2.24) is 19.6 Å².